The number of hydrogen-bond acceptors (Lipinski definition) is 4. The average Bonchev–Trinajstić information content (AvgIpc) is 2.62. The molecule has 0 heterocycles. The Hall–Kier alpha value is -2.38. The first-order valence-corrected chi connectivity index (χ1v) is 8.89. The van der Waals surface area contributed by atoms with E-state index in [4.69, 9.17) is 4.74 Å². The smallest absolute Gasteiger partial charge is 0.251 e. The maximum Gasteiger partial charge on any atom is 0.251 e. The quantitative estimate of drug-likeness (QED) is 0.796. The fraction of sp³-hybridized carbons (Fsp3) is 0.235. The molecular weight excluding hydrogens is 328 g/mol. The summed E-state index contributed by atoms with van der Waals surface area (Å²) < 4.78 is 30.9. The standard InChI is InChI=1S/C17H20N2O4S/c1-18-24(21,22)16-5-3-4-14(12-16)17(20)19-11-10-13-6-8-15(23-2)9-7-13/h3-9,12,18H,10-11H2,1-2H3,(H,19,20). The van der Waals surface area contributed by atoms with Crippen LogP contribution in [0.15, 0.2) is 53.4 Å². The number of methoxy groups -OCH3 is 1. The molecule has 0 aromatic heterocycles. The summed E-state index contributed by atoms with van der Waals surface area (Å²) in [5.41, 5.74) is 1.38. The van der Waals surface area contributed by atoms with Crippen molar-refractivity contribution in [2.24, 2.45) is 0 Å². The monoisotopic (exact) mass is 348 g/mol. The number of benzene rings is 2. The van der Waals surface area contributed by atoms with Crippen molar-refractivity contribution in [3.8, 4) is 5.75 Å². The first-order valence-electron chi connectivity index (χ1n) is 7.41. The number of nitrogens with one attached hydrogen (secondary N) is 2. The molecule has 2 rings (SSSR count). The predicted octanol–water partition coefficient (Wildman–Crippen LogP) is 1.58. The summed E-state index contributed by atoms with van der Waals surface area (Å²) in [5.74, 6) is 0.474. The summed E-state index contributed by atoms with van der Waals surface area (Å²) >= 11 is 0. The van der Waals surface area contributed by atoms with Crippen molar-refractivity contribution in [2.45, 2.75) is 11.3 Å². The second kappa shape index (κ2) is 7.94. The lowest BCUT2D eigenvalue weighted by Gasteiger charge is -2.08. The van der Waals surface area contributed by atoms with Gasteiger partial charge in [0.2, 0.25) is 10.0 Å². The molecule has 24 heavy (non-hydrogen) atoms. The van der Waals surface area contributed by atoms with Crippen LogP contribution < -0.4 is 14.8 Å². The first-order chi connectivity index (χ1) is 11.5. The second-order valence-corrected chi connectivity index (χ2v) is 6.98. The molecule has 2 aromatic rings. The molecule has 0 aliphatic rings. The van der Waals surface area contributed by atoms with Crippen LogP contribution in [0.2, 0.25) is 0 Å². The van der Waals surface area contributed by atoms with E-state index in [0.717, 1.165) is 11.3 Å². The largest absolute Gasteiger partial charge is 0.497 e. The lowest BCUT2D eigenvalue weighted by Crippen LogP contribution is -2.26. The van der Waals surface area contributed by atoms with Crippen molar-refractivity contribution in [3.63, 3.8) is 0 Å². The molecule has 0 radical (unpaired) electrons. The molecule has 1 amide bonds. The van der Waals surface area contributed by atoms with Gasteiger partial charge in [0.05, 0.1) is 12.0 Å². The number of hydrogen-bond donors (Lipinski definition) is 2. The summed E-state index contributed by atoms with van der Waals surface area (Å²) in [7, 11) is -0.627. The lowest BCUT2D eigenvalue weighted by molar-refractivity contribution is 0.0954. The van der Waals surface area contributed by atoms with E-state index in [2.05, 4.69) is 10.0 Å². The van der Waals surface area contributed by atoms with Gasteiger partial charge >= 0.3 is 0 Å². The zero-order valence-corrected chi connectivity index (χ0v) is 14.4. The third-order valence-electron chi connectivity index (χ3n) is 3.53. The summed E-state index contributed by atoms with van der Waals surface area (Å²) in [4.78, 5) is 12.2. The van der Waals surface area contributed by atoms with Crippen molar-refractivity contribution in [1.82, 2.24) is 10.0 Å². The van der Waals surface area contributed by atoms with E-state index >= 15 is 0 Å². The Morgan fingerprint density at radius 3 is 2.46 bits per heavy atom. The minimum atomic E-state index is -3.57. The van der Waals surface area contributed by atoms with Gasteiger partial charge in [-0.25, -0.2) is 13.1 Å². The molecular formula is C17H20N2O4S. The molecule has 0 fully saturated rings. The Labute approximate surface area is 141 Å². The van der Waals surface area contributed by atoms with Gasteiger partial charge in [0.15, 0.2) is 0 Å². The van der Waals surface area contributed by atoms with E-state index in [0.29, 0.717) is 18.5 Å². The summed E-state index contributed by atoms with van der Waals surface area (Å²) in [6.45, 7) is 0.453. The van der Waals surface area contributed by atoms with Crippen LogP contribution in [0.25, 0.3) is 0 Å². The third kappa shape index (κ3) is 4.56. The molecule has 0 unspecified atom stereocenters. The van der Waals surface area contributed by atoms with E-state index in [1.807, 2.05) is 24.3 Å². The van der Waals surface area contributed by atoms with Crippen LogP contribution in [0.5, 0.6) is 5.75 Å². The van der Waals surface area contributed by atoms with Gasteiger partial charge in [-0.05, 0) is 49.4 Å². The van der Waals surface area contributed by atoms with E-state index in [-0.39, 0.29) is 10.8 Å². The Morgan fingerprint density at radius 2 is 1.83 bits per heavy atom. The molecule has 2 N–H and O–H groups in total. The van der Waals surface area contributed by atoms with Gasteiger partial charge < -0.3 is 10.1 Å². The summed E-state index contributed by atoms with van der Waals surface area (Å²) in [6, 6.07) is 13.5. The molecule has 0 bridgehead atoms. The molecule has 6 nitrogen and oxygen atoms in total. The van der Waals surface area contributed by atoms with Gasteiger partial charge in [-0.1, -0.05) is 18.2 Å². The van der Waals surface area contributed by atoms with Gasteiger partial charge in [-0.3, -0.25) is 4.79 Å². The number of sulfonamides is 1. The van der Waals surface area contributed by atoms with Crippen molar-refractivity contribution in [2.75, 3.05) is 20.7 Å². The number of carbonyl (C=O) groups is 1. The minimum absolute atomic E-state index is 0.0628. The predicted molar refractivity (Wildman–Crippen MR) is 91.7 cm³/mol. The number of amides is 1. The Bertz CT molecular complexity index is 802. The minimum Gasteiger partial charge on any atom is -0.497 e. The zero-order valence-electron chi connectivity index (χ0n) is 13.6. The van der Waals surface area contributed by atoms with Crippen LogP contribution in [0.1, 0.15) is 15.9 Å². The molecule has 7 heteroatoms. The topological polar surface area (TPSA) is 84.5 Å². The highest BCUT2D eigenvalue weighted by molar-refractivity contribution is 7.89. The number of carbonyl (C=O) groups excluding carboxylic acids is 1. The molecule has 0 saturated heterocycles. The van der Waals surface area contributed by atoms with Crippen LogP contribution in [0.4, 0.5) is 0 Å². The fourth-order valence-corrected chi connectivity index (χ4v) is 2.91. The maximum absolute atomic E-state index is 12.2. The number of ether oxygens (including phenoxy) is 1. The lowest BCUT2D eigenvalue weighted by atomic mass is 10.1. The van der Waals surface area contributed by atoms with Crippen molar-refractivity contribution in [1.29, 1.82) is 0 Å². The van der Waals surface area contributed by atoms with Crippen molar-refractivity contribution in [3.05, 3.63) is 59.7 Å². The van der Waals surface area contributed by atoms with E-state index in [9.17, 15) is 13.2 Å². The molecule has 0 saturated carbocycles. The zero-order chi connectivity index (χ0) is 17.6. The molecule has 0 aliphatic carbocycles. The Balaban J connectivity index is 1.96. The second-order valence-electron chi connectivity index (χ2n) is 5.09. The van der Waals surface area contributed by atoms with Gasteiger partial charge in [-0.15, -0.1) is 0 Å². The summed E-state index contributed by atoms with van der Waals surface area (Å²) in [5, 5.41) is 2.79. The van der Waals surface area contributed by atoms with Crippen LogP contribution in [-0.2, 0) is 16.4 Å². The van der Waals surface area contributed by atoms with Crippen LogP contribution in [-0.4, -0.2) is 35.0 Å². The maximum atomic E-state index is 12.2. The van der Waals surface area contributed by atoms with E-state index in [1.165, 1.54) is 19.2 Å². The SMILES string of the molecule is CNS(=O)(=O)c1cccc(C(=O)NCCc2ccc(OC)cc2)c1. The summed E-state index contributed by atoms with van der Waals surface area (Å²) in [6.07, 6.45) is 0.671. The first kappa shape index (κ1) is 18.0. The number of rotatable bonds is 7. The van der Waals surface area contributed by atoms with E-state index < -0.39 is 10.0 Å². The van der Waals surface area contributed by atoms with Crippen molar-refractivity contribution >= 4 is 15.9 Å². The normalized spacial score (nSPS) is 11.1. The highest BCUT2D eigenvalue weighted by Gasteiger charge is 2.14. The highest BCUT2D eigenvalue weighted by atomic mass is 32.2. The molecule has 2 aromatic carbocycles. The Morgan fingerprint density at radius 1 is 1.12 bits per heavy atom. The third-order valence-corrected chi connectivity index (χ3v) is 4.95. The molecule has 128 valence electrons. The van der Waals surface area contributed by atoms with Crippen LogP contribution >= 0.6 is 0 Å². The molecule has 0 aliphatic heterocycles. The molecule has 0 atom stereocenters. The average molecular weight is 348 g/mol. The van der Waals surface area contributed by atoms with Gasteiger partial charge in [0.1, 0.15) is 5.75 Å². The fourth-order valence-electron chi connectivity index (χ4n) is 2.14. The van der Waals surface area contributed by atoms with Gasteiger partial charge in [-0.2, -0.15) is 0 Å². The highest BCUT2D eigenvalue weighted by Crippen LogP contribution is 2.12. The van der Waals surface area contributed by atoms with Gasteiger partial charge in [0.25, 0.3) is 5.91 Å². The van der Waals surface area contributed by atoms with Crippen molar-refractivity contribution < 1.29 is 17.9 Å². The molecule has 0 spiro atoms. The van der Waals surface area contributed by atoms with Crippen LogP contribution in [0.3, 0.4) is 0 Å². The van der Waals surface area contributed by atoms with E-state index in [1.54, 1.807) is 19.2 Å². The van der Waals surface area contributed by atoms with Gasteiger partial charge in [0, 0.05) is 12.1 Å². The Kier molecular flexibility index (Phi) is 5.94. The van der Waals surface area contributed by atoms with Crippen LogP contribution in [0, 0.1) is 0 Å².